The summed E-state index contributed by atoms with van der Waals surface area (Å²) in [5.74, 6) is -2.97. The standard InChI is InChI=1S/2C17H23NO4/c2*1-17(2,3)22-16(21)18-10-9-13(15(19)20)14(11-18)12-7-5-4-6-8-12/h2*4-8,13-14H,9-11H2,1-3H3,(H,19,20)/t2*13-,14-/m10/s1. The second kappa shape index (κ2) is 14.6. The smallest absolute Gasteiger partial charge is 0.410 e. The molecule has 2 aliphatic rings. The summed E-state index contributed by atoms with van der Waals surface area (Å²) in [7, 11) is 0. The predicted molar refractivity (Wildman–Crippen MR) is 165 cm³/mol. The lowest BCUT2D eigenvalue weighted by Gasteiger charge is -2.37. The Kier molecular flexibility index (Phi) is 11.4. The van der Waals surface area contributed by atoms with Gasteiger partial charge in [0.25, 0.3) is 0 Å². The molecule has 0 spiro atoms. The lowest BCUT2D eigenvalue weighted by atomic mass is 9.81. The third-order valence-corrected chi connectivity index (χ3v) is 7.62. The van der Waals surface area contributed by atoms with Gasteiger partial charge in [0.1, 0.15) is 11.2 Å². The van der Waals surface area contributed by atoms with Crippen LogP contribution in [0.2, 0.25) is 0 Å². The average Bonchev–Trinajstić information content (AvgIpc) is 2.96. The van der Waals surface area contributed by atoms with Gasteiger partial charge in [0.05, 0.1) is 11.8 Å². The summed E-state index contributed by atoms with van der Waals surface area (Å²) < 4.78 is 10.8. The molecule has 0 aromatic heterocycles. The number of amides is 2. The SMILES string of the molecule is CC(C)(C)OC(=O)N1CC[C@@H](C(=O)O)[C@@H](c2ccccc2)C1.CC(C)(C)OC(=O)N1CC[C@H](C(=O)O)[C@H](c2ccccc2)C1. The Morgan fingerprint density at radius 1 is 0.614 bits per heavy atom. The number of aliphatic carboxylic acids is 2. The molecule has 2 heterocycles. The largest absolute Gasteiger partial charge is 0.481 e. The van der Waals surface area contributed by atoms with Crippen molar-refractivity contribution in [2.24, 2.45) is 11.8 Å². The van der Waals surface area contributed by atoms with Crippen LogP contribution in [-0.2, 0) is 19.1 Å². The van der Waals surface area contributed by atoms with E-state index in [1.165, 1.54) is 0 Å². The second-order valence-electron chi connectivity index (χ2n) is 13.4. The number of rotatable bonds is 4. The summed E-state index contributed by atoms with van der Waals surface area (Å²) in [5, 5.41) is 18.9. The first-order valence-corrected chi connectivity index (χ1v) is 15.1. The van der Waals surface area contributed by atoms with Gasteiger partial charge < -0.3 is 29.5 Å². The van der Waals surface area contributed by atoms with Crippen LogP contribution in [0.1, 0.15) is 77.3 Å². The summed E-state index contributed by atoms with van der Waals surface area (Å²) in [4.78, 5) is 50.7. The molecule has 44 heavy (non-hydrogen) atoms. The van der Waals surface area contributed by atoms with E-state index in [2.05, 4.69) is 0 Å². The molecule has 4 rings (SSSR count). The molecule has 2 amide bonds. The van der Waals surface area contributed by atoms with Gasteiger partial charge in [-0.25, -0.2) is 9.59 Å². The van der Waals surface area contributed by atoms with Crippen molar-refractivity contribution in [3.63, 3.8) is 0 Å². The van der Waals surface area contributed by atoms with E-state index in [-0.39, 0.29) is 24.0 Å². The number of hydrogen-bond donors (Lipinski definition) is 2. The van der Waals surface area contributed by atoms with Gasteiger partial charge >= 0.3 is 24.1 Å². The molecule has 2 aromatic rings. The van der Waals surface area contributed by atoms with Gasteiger partial charge in [-0.1, -0.05) is 60.7 Å². The zero-order valence-electron chi connectivity index (χ0n) is 26.6. The monoisotopic (exact) mass is 610 g/mol. The number of piperidine rings is 2. The van der Waals surface area contributed by atoms with Gasteiger partial charge in [-0.05, 0) is 65.5 Å². The normalized spacial score (nSPS) is 22.2. The van der Waals surface area contributed by atoms with E-state index < -0.39 is 35.0 Å². The number of benzene rings is 2. The molecule has 0 aliphatic carbocycles. The Balaban J connectivity index is 0.000000240. The Hall–Kier alpha value is -4.08. The number of likely N-dealkylation sites (tertiary alicyclic amines) is 2. The number of nitrogens with zero attached hydrogens (tertiary/aromatic N) is 2. The zero-order valence-corrected chi connectivity index (χ0v) is 26.6. The molecular formula is C34H46N2O8. The predicted octanol–water partition coefficient (Wildman–Crippen LogP) is 6.22. The fourth-order valence-electron chi connectivity index (χ4n) is 5.56. The summed E-state index contributed by atoms with van der Waals surface area (Å²) in [6, 6.07) is 19.0. The van der Waals surface area contributed by atoms with Crippen LogP contribution in [0.4, 0.5) is 9.59 Å². The molecule has 0 bridgehead atoms. The molecule has 0 saturated carbocycles. The number of ether oxygens (including phenoxy) is 2. The molecule has 2 aliphatic heterocycles. The molecular weight excluding hydrogens is 564 g/mol. The average molecular weight is 611 g/mol. The first kappa shape index (κ1) is 34.4. The van der Waals surface area contributed by atoms with Crippen LogP contribution in [-0.4, -0.2) is 81.5 Å². The summed E-state index contributed by atoms with van der Waals surface area (Å²) in [6.07, 6.45) is 0.122. The van der Waals surface area contributed by atoms with Crippen LogP contribution in [0.3, 0.4) is 0 Å². The van der Waals surface area contributed by atoms with Gasteiger partial charge in [-0.15, -0.1) is 0 Å². The minimum absolute atomic E-state index is 0.208. The first-order chi connectivity index (χ1) is 20.6. The van der Waals surface area contributed by atoms with E-state index in [9.17, 15) is 29.4 Å². The van der Waals surface area contributed by atoms with E-state index in [4.69, 9.17) is 9.47 Å². The molecule has 0 radical (unpaired) electrons. The van der Waals surface area contributed by atoms with Crippen molar-refractivity contribution in [2.75, 3.05) is 26.2 Å². The number of hydrogen-bond acceptors (Lipinski definition) is 6. The highest BCUT2D eigenvalue weighted by atomic mass is 16.6. The van der Waals surface area contributed by atoms with Crippen LogP contribution in [0.25, 0.3) is 0 Å². The number of carbonyl (C=O) groups excluding carboxylic acids is 2. The van der Waals surface area contributed by atoms with E-state index >= 15 is 0 Å². The quantitative estimate of drug-likeness (QED) is 0.417. The summed E-state index contributed by atoms with van der Waals surface area (Å²) in [5.41, 5.74) is 0.790. The van der Waals surface area contributed by atoms with Crippen molar-refractivity contribution >= 4 is 24.1 Å². The molecule has 10 nitrogen and oxygen atoms in total. The Morgan fingerprint density at radius 2 is 0.932 bits per heavy atom. The van der Waals surface area contributed by atoms with E-state index in [1.807, 2.05) is 102 Å². The van der Waals surface area contributed by atoms with Crippen molar-refractivity contribution in [1.29, 1.82) is 0 Å². The van der Waals surface area contributed by atoms with Crippen LogP contribution in [0.5, 0.6) is 0 Å². The highest BCUT2D eigenvalue weighted by Gasteiger charge is 2.39. The fraction of sp³-hybridized carbons (Fsp3) is 0.529. The lowest BCUT2D eigenvalue weighted by Crippen LogP contribution is -2.46. The van der Waals surface area contributed by atoms with Gasteiger partial charge in [0.15, 0.2) is 0 Å². The molecule has 4 atom stereocenters. The van der Waals surface area contributed by atoms with E-state index in [0.29, 0.717) is 39.0 Å². The van der Waals surface area contributed by atoms with Crippen LogP contribution in [0, 0.1) is 11.8 Å². The molecule has 2 aromatic carbocycles. The highest BCUT2D eigenvalue weighted by Crippen LogP contribution is 2.34. The van der Waals surface area contributed by atoms with Gasteiger partial charge in [0, 0.05) is 38.0 Å². The molecule has 2 N–H and O–H groups in total. The van der Waals surface area contributed by atoms with E-state index in [1.54, 1.807) is 9.80 Å². The highest BCUT2D eigenvalue weighted by molar-refractivity contribution is 5.74. The maximum atomic E-state index is 12.2. The lowest BCUT2D eigenvalue weighted by molar-refractivity contribution is -0.145. The zero-order chi connectivity index (χ0) is 32.7. The number of carboxylic acids is 2. The van der Waals surface area contributed by atoms with Crippen LogP contribution >= 0.6 is 0 Å². The van der Waals surface area contributed by atoms with Crippen LogP contribution < -0.4 is 0 Å². The maximum Gasteiger partial charge on any atom is 0.410 e. The van der Waals surface area contributed by atoms with Crippen molar-refractivity contribution in [3.8, 4) is 0 Å². The molecule has 2 saturated heterocycles. The topological polar surface area (TPSA) is 134 Å². The fourth-order valence-corrected chi connectivity index (χ4v) is 5.56. The van der Waals surface area contributed by atoms with Crippen molar-refractivity contribution < 1.29 is 38.9 Å². The molecule has 240 valence electrons. The number of carboxylic acid groups (broad SMARTS) is 2. The Morgan fingerprint density at radius 3 is 1.20 bits per heavy atom. The third-order valence-electron chi connectivity index (χ3n) is 7.62. The van der Waals surface area contributed by atoms with Crippen molar-refractivity contribution in [2.45, 2.75) is 77.4 Å². The minimum Gasteiger partial charge on any atom is -0.481 e. The van der Waals surface area contributed by atoms with Crippen molar-refractivity contribution in [3.05, 3.63) is 71.8 Å². The Bertz CT molecular complexity index is 1170. The van der Waals surface area contributed by atoms with Crippen LogP contribution in [0.15, 0.2) is 60.7 Å². The van der Waals surface area contributed by atoms with Crippen molar-refractivity contribution in [1.82, 2.24) is 9.80 Å². The summed E-state index contributed by atoms with van der Waals surface area (Å²) in [6.45, 7) is 12.5. The molecule has 10 heteroatoms. The van der Waals surface area contributed by atoms with Gasteiger partial charge in [-0.2, -0.15) is 0 Å². The third kappa shape index (κ3) is 9.99. The Labute approximate surface area is 259 Å². The first-order valence-electron chi connectivity index (χ1n) is 15.1. The molecule has 2 fully saturated rings. The molecule has 0 unspecified atom stereocenters. The van der Waals surface area contributed by atoms with Gasteiger partial charge in [-0.3, -0.25) is 9.59 Å². The minimum atomic E-state index is -0.808. The maximum absolute atomic E-state index is 12.2. The van der Waals surface area contributed by atoms with E-state index in [0.717, 1.165) is 11.1 Å². The summed E-state index contributed by atoms with van der Waals surface area (Å²) >= 11 is 0. The second-order valence-corrected chi connectivity index (χ2v) is 13.4. The number of carbonyl (C=O) groups is 4. The van der Waals surface area contributed by atoms with Gasteiger partial charge in [0.2, 0.25) is 0 Å².